The molecule has 0 aliphatic carbocycles. The van der Waals surface area contributed by atoms with E-state index in [9.17, 15) is 4.79 Å². The molecule has 26 heavy (non-hydrogen) atoms. The smallest absolute Gasteiger partial charge is 0.258 e. The summed E-state index contributed by atoms with van der Waals surface area (Å²) in [7, 11) is 0. The Morgan fingerprint density at radius 1 is 1.15 bits per heavy atom. The maximum Gasteiger partial charge on any atom is 0.258 e. The number of nitrogens with zero attached hydrogens (tertiary/aromatic N) is 2. The SMILES string of the molecule is CCNc1nc(C)cc(NCCNC(=O)COc2ccc(Cl)cc2Cl)n1. The average molecular weight is 398 g/mol. The summed E-state index contributed by atoms with van der Waals surface area (Å²) in [5.74, 6) is 1.45. The lowest BCUT2D eigenvalue weighted by Crippen LogP contribution is -2.32. The van der Waals surface area contributed by atoms with Crippen molar-refractivity contribution in [2.24, 2.45) is 0 Å². The number of anilines is 2. The molecule has 140 valence electrons. The minimum absolute atomic E-state index is 0.126. The van der Waals surface area contributed by atoms with Crippen molar-refractivity contribution in [3.63, 3.8) is 0 Å². The molecule has 9 heteroatoms. The molecule has 0 fully saturated rings. The van der Waals surface area contributed by atoms with Gasteiger partial charge in [-0.05, 0) is 32.0 Å². The molecule has 7 nitrogen and oxygen atoms in total. The van der Waals surface area contributed by atoms with Gasteiger partial charge in [0.05, 0.1) is 5.02 Å². The van der Waals surface area contributed by atoms with E-state index >= 15 is 0 Å². The lowest BCUT2D eigenvalue weighted by atomic mass is 10.3. The number of carbonyl (C=O) groups excluding carboxylic acids is 1. The fourth-order valence-corrected chi connectivity index (χ4v) is 2.54. The fraction of sp³-hybridized carbons (Fsp3) is 0.353. The number of ether oxygens (including phenoxy) is 1. The van der Waals surface area contributed by atoms with E-state index in [-0.39, 0.29) is 12.5 Å². The van der Waals surface area contributed by atoms with Crippen molar-refractivity contribution < 1.29 is 9.53 Å². The Kier molecular flexibility index (Phi) is 7.74. The van der Waals surface area contributed by atoms with Gasteiger partial charge in [-0.3, -0.25) is 4.79 Å². The number of hydrogen-bond donors (Lipinski definition) is 3. The van der Waals surface area contributed by atoms with Gasteiger partial charge in [0.15, 0.2) is 6.61 Å². The number of carbonyl (C=O) groups is 1. The predicted octanol–water partition coefficient (Wildman–Crippen LogP) is 3.13. The second-order valence-corrected chi connectivity index (χ2v) is 6.23. The molecule has 2 rings (SSSR count). The molecule has 1 aromatic heterocycles. The van der Waals surface area contributed by atoms with Crippen LogP contribution in [-0.4, -0.2) is 42.1 Å². The monoisotopic (exact) mass is 397 g/mol. The highest BCUT2D eigenvalue weighted by Gasteiger charge is 2.06. The third-order valence-corrected chi connectivity index (χ3v) is 3.73. The van der Waals surface area contributed by atoms with Crippen LogP contribution in [0.5, 0.6) is 5.75 Å². The van der Waals surface area contributed by atoms with Crippen molar-refractivity contribution in [3.8, 4) is 5.75 Å². The van der Waals surface area contributed by atoms with Crippen molar-refractivity contribution >= 4 is 40.9 Å². The largest absolute Gasteiger partial charge is 0.482 e. The zero-order chi connectivity index (χ0) is 18.9. The minimum atomic E-state index is -0.245. The number of hydrogen-bond acceptors (Lipinski definition) is 6. The Morgan fingerprint density at radius 3 is 2.69 bits per heavy atom. The molecule has 0 unspecified atom stereocenters. The molecule has 0 spiro atoms. The number of amides is 1. The first-order valence-electron chi connectivity index (χ1n) is 8.16. The molecular formula is C17H21Cl2N5O2. The lowest BCUT2D eigenvalue weighted by Gasteiger charge is -2.11. The molecule has 0 aliphatic heterocycles. The zero-order valence-electron chi connectivity index (χ0n) is 14.6. The van der Waals surface area contributed by atoms with Crippen LogP contribution in [0.4, 0.5) is 11.8 Å². The number of benzene rings is 1. The molecule has 1 heterocycles. The van der Waals surface area contributed by atoms with E-state index in [2.05, 4.69) is 25.9 Å². The van der Waals surface area contributed by atoms with Gasteiger partial charge in [0.25, 0.3) is 5.91 Å². The van der Waals surface area contributed by atoms with Crippen LogP contribution >= 0.6 is 23.2 Å². The quantitative estimate of drug-likeness (QED) is 0.563. The van der Waals surface area contributed by atoms with Gasteiger partial charge >= 0.3 is 0 Å². The van der Waals surface area contributed by atoms with E-state index < -0.39 is 0 Å². The van der Waals surface area contributed by atoms with Gasteiger partial charge in [-0.25, -0.2) is 4.98 Å². The predicted molar refractivity (Wildman–Crippen MR) is 104 cm³/mol. The first-order valence-corrected chi connectivity index (χ1v) is 8.91. The summed E-state index contributed by atoms with van der Waals surface area (Å²) in [6, 6.07) is 6.68. The van der Waals surface area contributed by atoms with E-state index in [1.54, 1.807) is 18.2 Å². The van der Waals surface area contributed by atoms with Crippen LogP contribution in [0.2, 0.25) is 10.0 Å². The molecule has 0 atom stereocenters. The van der Waals surface area contributed by atoms with E-state index in [1.165, 1.54) is 0 Å². The van der Waals surface area contributed by atoms with Crippen molar-refractivity contribution in [2.75, 3.05) is 36.9 Å². The molecule has 0 saturated heterocycles. The first kappa shape index (κ1) is 20.1. The highest BCUT2D eigenvalue weighted by molar-refractivity contribution is 6.35. The number of aromatic nitrogens is 2. The Bertz CT molecular complexity index is 758. The fourth-order valence-electron chi connectivity index (χ4n) is 2.08. The summed E-state index contributed by atoms with van der Waals surface area (Å²) in [5, 5.41) is 9.84. The molecule has 3 N–H and O–H groups in total. The Labute approximate surface area is 162 Å². The number of aryl methyl sites for hydroxylation is 1. The summed E-state index contributed by atoms with van der Waals surface area (Å²) >= 11 is 11.8. The second kappa shape index (κ2) is 10.0. The maximum atomic E-state index is 11.8. The summed E-state index contributed by atoms with van der Waals surface area (Å²) in [6.07, 6.45) is 0. The van der Waals surface area contributed by atoms with E-state index in [0.29, 0.717) is 40.7 Å². The van der Waals surface area contributed by atoms with Gasteiger partial charge in [0.2, 0.25) is 5.95 Å². The lowest BCUT2D eigenvalue weighted by molar-refractivity contribution is -0.123. The minimum Gasteiger partial charge on any atom is -0.482 e. The van der Waals surface area contributed by atoms with Gasteiger partial charge in [-0.1, -0.05) is 23.2 Å². The normalized spacial score (nSPS) is 10.3. The number of rotatable bonds is 9. The van der Waals surface area contributed by atoms with Gasteiger partial charge < -0.3 is 20.7 Å². The van der Waals surface area contributed by atoms with Gasteiger partial charge in [0, 0.05) is 36.4 Å². The molecular weight excluding hydrogens is 377 g/mol. The van der Waals surface area contributed by atoms with Crippen molar-refractivity contribution in [1.29, 1.82) is 0 Å². The Morgan fingerprint density at radius 2 is 1.96 bits per heavy atom. The van der Waals surface area contributed by atoms with Gasteiger partial charge in [-0.2, -0.15) is 4.98 Å². The van der Waals surface area contributed by atoms with Crippen molar-refractivity contribution in [2.45, 2.75) is 13.8 Å². The van der Waals surface area contributed by atoms with E-state index in [4.69, 9.17) is 27.9 Å². The second-order valence-electron chi connectivity index (χ2n) is 5.39. The molecule has 1 aromatic carbocycles. The van der Waals surface area contributed by atoms with Crippen LogP contribution in [0.3, 0.4) is 0 Å². The number of nitrogens with one attached hydrogen (secondary N) is 3. The zero-order valence-corrected chi connectivity index (χ0v) is 16.1. The van der Waals surface area contributed by atoms with E-state index in [1.807, 2.05) is 19.9 Å². The molecule has 0 bridgehead atoms. The van der Waals surface area contributed by atoms with Gasteiger partial charge in [-0.15, -0.1) is 0 Å². The first-order chi connectivity index (χ1) is 12.5. The Hall–Kier alpha value is -2.25. The number of halogens is 2. The highest BCUT2D eigenvalue weighted by atomic mass is 35.5. The standard InChI is InChI=1S/C17H21Cl2N5O2/c1-3-20-17-23-11(2)8-15(24-17)21-6-7-22-16(25)10-26-14-5-4-12(18)9-13(14)19/h4-5,8-9H,3,6-7,10H2,1-2H3,(H,22,25)(H2,20,21,23,24). The molecule has 0 radical (unpaired) electrons. The molecule has 1 amide bonds. The van der Waals surface area contributed by atoms with Crippen LogP contribution in [0.15, 0.2) is 24.3 Å². The summed E-state index contributed by atoms with van der Waals surface area (Å²) < 4.78 is 5.38. The van der Waals surface area contributed by atoms with Crippen molar-refractivity contribution in [1.82, 2.24) is 15.3 Å². The highest BCUT2D eigenvalue weighted by Crippen LogP contribution is 2.27. The van der Waals surface area contributed by atoms with Crippen LogP contribution in [-0.2, 0) is 4.79 Å². The van der Waals surface area contributed by atoms with Crippen LogP contribution < -0.4 is 20.7 Å². The maximum absolute atomic E-state index is 11.8. The van der Waals surface area contributed by atoms with E-state index in [0.717, 1.165) is 12.2 Å². The van der Waals surface area contributed by atoms with Crippen molar-refractivity contribution in [3.05, 3.63) is 40.0 Å². The summed E-state index contributed by atoms with van der Waals surface area (Å²) in [4.78, 5) is 20.4. The molecule has 0 saturated carbocycles. The van der Waals surface area contributed by atoms with Crippen LogP contribution in [0, 0.1) is 6.92 Å². The third kappa shape index (κ3) is 6.57. The summed E-state index contributed by atoms with van der Waals surface area (Å²) in [5.41, 5.74) is 0.857. The Balaban J connectivity index is 1.71. The average Bonchev–Trinajstić information content (AvgIpc) is 2.58. The van der Waals surface area contributed by atoms with Crippen LogP contribution in [0.1, 0.15) is 12.6 Å². The molecule has 0 aliphatic rings. The molecule has 2 aromatic rings. The van der Waals surface area contributed by atoms with Crippen LogP contribution in [0.25, 0.3) is 0 Å². The third-order valence-electron chi connectivity index (χ3n) is 3.20. The topological polar surface area (TPSA) is 88.2 Å². The summed E-state index contributed by atoms with van der Waals surface area (Å²) in [6.45, 7) is 5.45. The van der Waals surface area contributed by atoms with Gasteiger partial charge in [0.1, 0.15) is 11.6 Å².